The first-order chi connectivity index (χ1) is 15.2. The lowest BCUT2D eigenvalue weighted by Crippen LogP contribution is -2.28. The van der Waals surface area contributed by atoms with Crippen LogP contribution in [0.1, 0.15) is 37.1 Å². The summed E-state index contributed by atoms with van der Waals surface area (Å²) in [5, 5.41) is 4.05. The zero-order valence-electron chi connectivity index (χ0n) is 17.9. The Balaban J connectivity index is 1.15. The Morgan fingerprint density at radius 2 is 2.00 bits per heavy atom. The van der Waals surface area contributed by atoms with Crippen LogP contribution in [0.4, 0.5) is 0 Å². The average molecular weight is 421 g/mol. The van der Waals surface area contributed by atoms with E-state index in [-0.39, 0.29) is 5.91 Å². The van der Waals surface area contributed by atoms with E-state index < -0.39 is 0 Å². The van der Waals surface area contributed by atoms with Crippen LogP contribution in [0.25, 0.3) is 11.4 Å². The van der Waals surface area contributed by atoms with Crippen LogP contribution in [-0.4, -0.2) is 45.6 Å². The smallest absolute Gasteiger partial charge is 0.226 e. The van der Waals surface area contributed by atoms with Gasteiger partial charge >= 0.3 is 0 Å². The molecule has 0 radical (unpaired) electrons. The SMILES string of the molecule is Cc1ccc(-c2noc(CCCC(=O)N3CCC(CCOc4ccncc4)C3)n2)cc1. The number of carbonyl (C=O) groups excluding carboxylic acids is 1. The number of likely N-dealkylation sites (tertiary alicyclic amines) is 1. The third-order valence-electron chi connectivity index (χ3n) is 5.64. The number of carbonyl (C=O) groups is 1. The number of rotatable bonds is 9. The fourth-order valence-corrected chi connectivity index (χ4v) is 3.80. The second-order valence-corrected chi connectivity index (χ2v) is 8.05. The molecule has 3 heterocycles. The summed E-state index contributed by atoms with van der Waals surface area (Å²) in [5.74, 6) is 2.72. The molecular weight excluding hydrogens is 392 g/mol. The maximum atomic E-state index is 12.6. The number of pyridine rings is 1. The lowest BCUT2D eigenvalue weighted by molar-refractivity contribution is -0.130. The van der Waals surface area contributed by atoms with Crippen molar-refractivity contribution < 1.29 is 14.1 Å². The third kappa shape index (κ3) is 5.90. The summed E-state index contributed by atoms with van der Waals surface area (Å²) in [6.07, 6.45) is 7.27. The Labute approximate surface area is 182 Å². The monoisotopic (exact) mass is 420 g/mol. The Bertz CT molecular complexity index is 972. The maximum Gasteiger partial charge on any atom is 0.226 e. The van der Waals surface area contributed by atoms with Gasteiger partial charge in [0.1, 0.15) is 5.75 Å². The summed E-state index contributed by atoms with van der Waals surface area (Å²) in [7, 11) is 0. The van der Waals surface area contributed by atoms with Gasteiger partial charge in [-0.15, -0.1) is 0 Å². The van der Waals surface area contributed by atoms with E-state index in [2.05, 4.69) is 15.1 Å². The summed E-state index contributed by atoms with van der Waals surface area (Å²) in [4.78, 5) is 23.0. The molecule has 7 nitrogen and oxygen atoms in total. The van der Waals surface area contributed by atoms with Crippen molar-refractivity contribution in [3.05, 3.63) is 60.2 Å². The molecule has 1 aromatic carbocycles. The molecule has 1 saturated heterocycles. The number of benzene rings is 1. The number of aromatic nitrogens is 3. The van der Waals surface area contributed by atoms with E-state index in [0.29, 0.717) is 43.5 Å². The van der Waals surface area contributed by atoms with E-state index in [1.165, 1.54) is 5.56 Å². The molecule has 2 aromatic heterocycles. The minimum atomic E-state index is 0.204. The first-order valence-corrected chi connectivity index (χ1v) is 10.9. The maximum absolute atomic E-state index is 12.6. The van der Waals surface area contributed by atoms with Crippen LogP contribution in [0.3, 0.4) is 0 Å². The molecule has 4 rings (SSSR count). The van der Waals surface area contributed by atoms with Crippen molar-refractivity contribution in [3.63, 3.8) is 0 Å². The quantitative estimate of drug-likeness (QED) is 0.519. The van der Waals surface area contributed by atoms with Crippen LogP contribution in [0.2, 0.25) is 0 Å². The molecule has 162 valence electrons. The van der Waals surface area contributed by atoms with Crippen molar-refractivity contribution in [2.45, 2.75) is 39.0 Å². The first-order valence-electron chi connectivity index (χ1n) is 10.9. The molecule has 0 N–H and O–H groups in total. The average Bonchev–Trinajstić information content (AvgIpc) is 3.45. The Morgan fingerprint density at radius 1 is 1.19 bits per heavy atom. The van der Waals surface area contributed by atoms with E-state index in [1.807, 2.05) is 48.2 Å². The minimum absolute atomic E-state index is 0.204. The van der Waals surface area contributed by atoms with Gasteiger partial charge in [-0.3, -0.25) is 9.78 Å². The molecule has 1 aliphatic heterocycles. The molecule has 1 amide bonds. The largest absolute Gasteiger partial charge is 0.493 e. The molecule has 0 saturated carbocycles. The molecule has 0 spiro atoms. The van der Waals surface area contributed by atoms with Crippen molar-refractivity contribution in [1.29, 1.82) is 0 Å². The highest BCUT2D eigenvalue weighted by Crippen LogP contribution is 2.22. The van der Waals surface area contributed by atoms with Gasteiger partial charge in [-0.25, -0.2) is 0 Å². The van der Waals surface area contributed by atoms with Crippen LogP contribution < -0.4 is 4.74 Å². The molecule has 1 fully saturated rings. The number of nitrogens with zero attached hydrogens (tertiary/aromatic N) is 4. The molecule has 31 heavy (non-hydrogen) atoms. The summed E-state index contributed by atoms with van der Waals surface area (Å²) in [6.45, 7) is 4.35. The fraction of sp³-hybridized carbons (Fsp3) is 0.417. The summed E-state index contributed by atoms with van der Waals surface area (Å²) >= 11 is 0. The second-order valence-electron chi connectivity index (χ2n) is 8.05. The molecule has 7 heteroatoms. The molecular formula is C24H28N4O3. The van der Waals surface area contributed by atoms with Gasteiger partial charge in [0.15, 0.2) is 0 Å². The Hall–Kier alpha value is -3.22. The van der Waals surface area contributed by atoms with E-state index in [9.17, 15) is 4.79 Å². The number of amides is 1. The molecule has 0 bridgehead atoms. The highest BCUT2D eigenvalue weighted by atomic mass is 16.5. The fourth-order valence-electron chi connectivity index (χ4n) is 3.80. The van der Waals surface area contributed by atoms with Gasteiger partial charge in [0, 0.05) is 43.9 Å². The molecule has 0 aliphatic carbocycles. The first kappa shape index (κ1) is 21.0. The van der Waals surface area contributed by atoms with Gasteiger partial charge in [0.2, 0.25) is 17.6 Å². The Kier molecular flexibility index (Phi) is 6.92. The van der Waals surface area contributed by atoms with E-state index in [1.54, 1.807) is 12.4 Å². The summed E-state index contributed by atoms with van der Waals surface area (Å²) < 4.78 is 11.1. The molecule has 3 aromatic rings. The summed E-state index contributed by atoms with van der Waals surface area (Å²) in [5.41, 5.74) is 2.13. The van der Waals surface area contributed by atoms with Gasteiger partial charge in [-0.2, -0.15) is 4.98 Å². The van der Waals surface area contributed by atoms with Crippen LogP contribution in [0, 0.1) is 12.8 Å². The van der Waals surface area contributed by atoms with E-state index in [0.717, 1.165) is 37.2 Å². The number of hydrogen-bond acceptors (Lipinski definition) is 6. The van der Waals surface area contributed by atoms with Crippen molar-refractivity contribution in [2.24, 2.45) is 5.92 Å². The zero-order valence-corrected chi connectivity index (χ0v) is 17.9. The second kappa shape index (κ2) is 10.2. The number of aryl methyl sites for hydroxylation is 2. The number of hydrogen-bond donors (Lipinski definition) is 0. The standard InChI is InChI=1S/C24H28N4O3/c1-18-5-7-20(8-6-18)24-26-22(31-27-24)3-2-4-23(29)28-15-11-19(17-28)12-16-30-21-9-13-25-14-10-21/h5-10,13-14,19H,2-4,11-12,15-17H2,1H3. The van der Waals surface area contributed by atoms with Crippen molar-refractivity contribution in [2.75, 3.05) is 19.7 Å². The predicted molar refractivity (Wildman–Crippen MR) is 116 cm³/mol. The van der Waals surface area contributed by atoms with Crippen LogP contribution >= 0.6 is 0 Å². The summed E-state index contributed by atoms with van der Waals surface area (Å²) in [6, 6.07) is 11.7. The third-order valence-corrected chi connectivity index (χ3v) is 5.64. The highest BCUT2D eigenvalue weighted by molar-refractivity contribution is 5.76. The lowest BCUT2D eigenvalue weighted by atomic mass is 10.1. The normalized spacial score (nSPS) is 15.9. The van der Waals surface area contributed by atoms with Crippen LogP contribution in [0.15, 0.2) is 53.3 Å². The zero-order chi connectivity index (χ0) is 21.5. The van der Waals surface area contributed by atoms with Crippen molar-refractivity contribution >= 4 is 5.91 Å². The molecule has 1 aliphatic rings. The van der Waals surface area contributed by atoms with Crippen molar-refractivity contribution in [3.8, 4) is 17.1 Å². The van der Waals surface area contributed by atoms with E-state index in [4.69, 9.17) is 9.26 Å². The van der Waals surface area contributed by atoms with Gasteiger partial charge in [0.25, 0.3) is 0 Å². The van der Waals surface area contributed by atoms with Gasteiger partial charge in [-0.1, -0.05) is 35.0 Å². The Morgan fingerprint density at radius 3 is 2.81 bits per heavy atom. The highest BCUT2D eigenvalue weighted by Gasteiger charge is 2.25. The molecule has 1 unspecified atom stereocenters. The van der Waals surface area contributed by atoms with Gasteiger partial charge in [-0.05, 0) is 44.2 Å². The minimum Gasteiger partial charge on any atom is -0.493 e. The van der Waals surface area contributed by atoms with Crippen LogP contribution in [0.5, 0.6) is 5.75 Å². The molecule has 1 atom stereocenters. The topological polar surface area (TPSA) is 81.4 Å². The van der Waals surface area contributed by atoms with E-state index >= 15 is 0 Å². The predicted octanol–water partition coefficient (Wildman–Crippen LogP) is 4.08. The lowest BCUT2D eigenvalue weighted by Gasteiger charge is -2.16. The van der Waals surface area contributed by atoms with Crippen LogP contribution in [-0.2, 0) is 11.2 Å². The van der Waals surface area contributed by atoms with Gasteiger partial charge in [0.05, 0.1) is 6.61 Å². The van der Waals surface area contributed by atoms with Crippen molar-refractivity contribution in [1.82, 2.24) is 20.0 Å². The van der Waals surface area contributed by atoms with Gasteiger partial charge < -0.3 is 14.2 Å². The number of ether oxygens (including phenoxy) is 1.